The molecule has 0 aliphatic carbocycles. The van der Waals surface area contributed by atoms with E-state index in [1.807, 2.05) is 0 Å². The van der Waals surface area contributed by atoms with Gasteiger partial charge in [0.25, 0.3) is 0 Å². The number of carbonyl (C=O) groups is 6. The summed E-state index contributed by atoms with van der Waals surface area (Å²) < 4.78 is 19.2. The average molecular weight is 913 g/mol. The number of aliphatic hydroxyl groups is 1. The van der Waals surface area contributed by atoms with Gasteiger partial charge >= 0.3 is 29.9 Å². The van der Waals surface area contributed by atoms with Crippen LogP contribution in [-0.2, 0) is 35.0 Å². The molecule has 2 atom stereocenters. The SMILES string of the molecule is CC(C)(C)OC(=O)c1cc2cc(NC(=O)C(Cc3ccc(NC(=O)N4CCOC(CO)C4)cc3)N3CCN(c4cc(Cl)ccc4-n4cnnn4)C(=O)C3=O)ccc2n1C(=O)OC(C)(C)C. The Morgan fingerprint density at radius 3 is 2.26 bits per heavy atom. The number of fused-ring (bicyclic) bond motifs is 1. The molecule has 20 nitrogen and oxygen atoms in total. The van der Waals surface area contributed by atoms with Gasteiger partial charge < -0.3 is 44.7 Å². The quantitative estimate of drug-likeness (QED) is 0.128. The van der Waals surface area contributed by atoms with Crippen molar-refractivity contribution in [3.05, 3.63) is 89.3 Å². The highest BCUT2D eigenvalue weighted by molar-refractivity contribution is 6.41. The molecule has 2 aliphatic heterocycles. The van der Waals surface area contributed by atoms with Gasteiger partial charge in [0.05, 0.1) is 42.8 Å². The monoisotopic (exact) mass is 912 g/mol. The molecule has 0 radical (unpaired) electrons. The molecule has 5 aromatic rings. The van der Waals surface area contributed by atoms with Crippen LogP contribution in [0.4, 0.5) is 26.7 Å². The van der Waals surface area contributed by atoms with Crippen LogP contribution in [-0.4, -0.2) is 138 Å². The van der Waals surface area contributed by atoms with Gasteiger partial charge in [-0.3, -0.25) is 14.4 Å². The van der Waals surface area contributed by atoms with Crippen molar-refractivity contribution in [2.45, 2.75) is 71.3 Å². The number of urea groups is 1. The van der Waals surface area contributed by atoms with Crippen molar-refractivity contribution < 1.29 is 48.1 Å². The van der Waals surface area contributed by atoms with Crippen LogP contribution in [0.15, 0.2) is 73.1 Å². The van der Waals surface area contributed by atoms with Crippen molar-refractivity contribution in [2.24, 2.45) is 0 Å². The topological polar surface area (TPSA) is 233 Å². The minimum absolute atomic E-state index is 0.0228. The summed E-state index contributed by atoms with van der Waals surface area (Å²) in [6.45, 7) is 10.7. The fourth-order valence-electron chi connectivity index (χ4n) is 7.37. The van der Waals surface area contributed by atoms with E-state index in [0.717, 1.165) is 4.57 Å². The molecule has 65 heavy (non-hydrogen) atoms. The van der Waals surface area contributed by atoms with Crippen LogP contribution in [0.3, 0.4) is 0 Å². The first-order valence-corrected chi connectivity index (χ1v) is 21.1. The Bertz CT molecular complexity index is 2620. The molecule has 21 heteroatoms. The Balaban J connectivity index is 1.18. The molecular weight excluding hydrogens is 864 g/mol. The standard InChI is InChI=1S/C44H49ClN10O10/c1-43(2,3)64-40(60)36-21-27-20-30(12-14-32(27)55(36)42(62)65-44(4,5)6)47-37(57)35(19-26-7-10-29(11-8-26)48-41(61)51-17-18-63-31(23-51)24-56)53-16-15-52(38(58)39(53)59)34-22-28(45)9-13-33(34)54-25-46-49-50-54/h7-14,20-22,25,31,35,56H,15-19,23-24H2,1-6H3,(H,47,57)(H,48,61). The van der Waals surface area contributed by atoms with Gasteiger partial charge in [-0.15, -0.1) is 5.10 Å². The number of nitrogens with zero attached hydrogens (tertiary/aromatic N) is 8. The number of morpholine rings is 1. The zero-order valence-electron chi connectivity index (χ0n) is 36.6. The average Bonchev–Trinajstić information content (AvgIpc) is 3.92. The van der Waals surface area contributed by atoms with Gasteiger partial charge in [0, 0.05) is 47.8 Å². The van der Waals surface area contributed by atoms with Crippen molar-refractivity contribution >= 4 is 75.4 Å². The predicted molar refractivity (Wildman–Crippen MR) is 237 cm³/mol. The zero-order valence-corrected chi connectivity index (χ0v) is 37.4. The number of halogens is 1. The summed E-state index contributed by atoms with van der Waals surface area (Å²) in [5.41, 5.74) is 0.445. The number of ether oxygens (including phenoxy) is 3. The molecule has 7 rings (SSSR count). The molecule has 2 saturated heterocycles. The molecule has 3 aromatic carbocycles. The Hall–Kier alpha value is -6.90. The summed E-state index contributed by atoms with van der Waals surface area (Å²) in [7, 11) is 0. The van der Waals surface area contributed by atoms with E-state index >= 15 is 0 Å². The summed E-state index contributed by atoms with van der Waals surface area (Å²) in [5.74, 6) is -3.29. The number of nitrogens with one attached hydrogen (secondary N) is 2. The molecule has 2 aromatic heterocycles. The van der Waals surface area contributed by atoms with E-state index < -0.39 is 53.1 Å². The lowest BCUT2D eigenvalue weighted by Crippen LogP contribution is -2.60. The van der Waals surface area contributed by atoms with Gasteiger partial charge in [0.2, 0.25) is 5.91 Å². The molecule has 0 spiro atoms. The number of rotatable bonds is 10. The summed E-state index contributed by atoms with van der Waals surface area (Å²) >= 11 is 6.35. The summed E-state index contributed by atoms with van der Waals surface area (Å²) in [5, 5.41) is 27.2. The van der Waals surface area contributed by atoms with Crippen LogP contribution in [0, 0.1) is 0 Å². The summed E-state index contributed by atoms with van der Waals surface area (Å²) in [6.07, 6.45) is -0.000338. The van der Waals surface area contributed by atoms with Crippen molar-refractivity contribution in [3.8, 4) is 5.69 Å². The van der Waals surface area contributed by atoms with E-state index in [9.17, 15) is 33.9 Å². The van der Waals surface area contributed by atoms with E-state index in [-0.39, 0.29) is 62.4 Å². The minimum Gasteiger partial charge on any atom is -0.455 e. The first-order valence-electron chi connectivity index (χ1n) is 20.7. The lowest BCUT2D eigenvalue weighted by Gasteiger charge is -2.38. The maximum atomic E-state index is 14.5. The summed E-state index contributed by atoms with van der Waals surface area (Å²) in [6, 6.07) is 15.9. The van der Waals surface area contributed by atoms with Gasteiger partial charge in [-0.1, -0.05) is 23.7 Å². The van der Waals surface area contributed by atoms with E-state index in [0.29, 0.717) is 39.4 Å². The minimum atomic E-state index is -1.24. The fraction of sp³-hybridized carbons (Fsp3) is 0.386. The van der Waals surface area contributed by atoms with Crippen LogP contribution < -0.4 is 15.5 Å². The second-order valence-corrected chi connectivity index (χ2v) is 17.9. The largest absolute Gasteiger partial charge is 0.455 e. The number of aromatic nitrogens is 5. The Kier molecular flexibility index (Phi) is 13.2. The number of hydrogen-bond acceptors (Lipinski definition) is 13. The number of aliphatic hydroxyl groups excluding tert-OH is 1. The van der Waals surface area contributed by atoms with Crippen LogP contribution in [0.25, 0.3) is 16.6 Å². The van der Waals surface area contributed by atoms with Crippen molar-refractivity contribution in [1.82, 2.24) is 34.6 Å². The normalized spacial score (nSPS) is 16.4. The molecule has 0 saturated carbocycles. The number of piperazine rings is 1. The first kappa shape index (κ1) is 46.1. The molecule has 5 amide bonds. The van der Waals surface area contributed by atoms with Crippen LogP contribution in [0.1, 0.15) is 57.6 Å². The molecule has 3 N–H and O–H groups in total. The highest BCUT2D eigenvalue weighted by Gasteiger charge is 2.41. The zero-order chi connectivity index (χ0) is 46.8. The van der Waals surface area contributed by atoms with Gasteiger partial charge in [0.1, 0.15) is 29.3 Å². The molecule has 2 aliphatic rings. The van der Waals surface area contributed by atoms with Crippen LogP contribution >= 0.6 is 11.6 Å². The lowest BCUT2D eigenvalue weighted by atomic mass is 10.0. The van der Waals surface area contributed by atoms with E-state index in [1.165, 1.54) is 43.9 Å². The highest BCUT2D eigenvalue weighted by Crippen LogP contribution is 2.31. The Labute approximate surface area is 378 Å². The predicted octanol–water partition coefficient (Wildman–Crippen LogP) is 4.66. The van der Waals surface area contributed by atoms with Crippen molar-refractivity contribution in [3.63, 3.8) is 0 Å². The van der Waals surface area contributed by atoms with Gasteiger partial charge in [-0.25, -0.2) is 19.0 Å². The lowest BCUT2D eigenvalue weighted by molar-refractivity contribution is -0.149. The van der Waals surface area contributed by atoms with Gasteiger partial charge in [0.15, 0.2) is 0 Å². The maximum Gasteiger partial charge on any atom is 0.419 e. The van der Waals surface area contributed by atoms with E-state index in [1.54, 1.807) is 90.1 Å². The number of amides is 5. The second-order valence-electron chi connectivity index (χ2n) is 17.4. The fourth-order valence-corrected chi connectivity index (χ4v) is 7.53. The van der Waals surface area contributed by atoms with Crippen molar-refractivity contribution in [2.75, 3.05) is 54.9 Å². The maximum absolute atomic E-state index is 14.5. The molecule has 0 bridgehead atoms. The second kappa shape index (κ2) is 18.7. The number of carbonyl (C=O) groups excluding carboxylic acids is 6. The van der Waals surface area contributed by atoms with Crippen molar-refractivity contribution in [1.29, 1.82) is 0 Å². The molecule has 2 unspecified atom stereocenters. The molecular formula is C44H49ClN10O10. The third kappa shape index (κ3) is 10.7. The third-order valence-electron chi connectivity index (χ3n) is 10.3. The van der Waals surface area contributed by atoms with E-state index in [2.05, 4.69) is 26.2 Å². The third-order valence-corrected chi connectivity index (χ3v) is 10.5. The number of hydrogen-bond donors (Lipinski definition) is 3. The van der Waals surface area contributed by atoms with E-state index in [4.69, 9.17) is 25.8 Å². The molecule has 342 valence electrons. The summed E-state index contributed by atoms with van der Waals surface area (Å²) in [4.78, 5) is 86.7. The first-order chi connectivity index (χ1) is 30.8. The van der Waals surface area contributed by atoms with Crippen LogP contribution in [0.2, 0.25) is 5.02 Å². The smallest absolute Gasteiger partial charge is 0.419 e. The molecule has 2 fully saturated rings. The van der Waals surface area contributed by atoms with Gasteiger partial charge in [-0.05, 0) is 112 Å². The number of benzene rings is 3. The van der Waals surface area contributed by atoms with Crippen LogP contribution in [0.5, 0.6) is 0 Å². The van der Waals surface area contributed by atoms with Gasteiger partial charge in [-0.2, -0.15) is 4.68 Å². The molecule has 4 heterocycles. The Morgan fingerprint density at radius 1 is 0.862 bits per heavy atom. The highest BCUT2D eigenvalue weighted by atomic mass is 35.5. The number of anilines is 3. The Morgan fingerprint density at radius 2 is 1.58 bits per heavy atom. The number of tetrazole rings is 1. The number of esters is 1.